The third kappa shape index (κ3) is 4.54. The van der Waals surface area contributed by atoms with Gasteiger partial charge in [-0.25, -0.2) is 4.98 Å². The lowest BCUT2D eigenvalue weighted by Gasteiger charge is -2.06. The third-order valence-electron chi connectivity index (χ3n) is 2.96. The van der Waals surface area contributed by atoms with Crippen molar-refractivity contribution in [3.63, 3.8) is 0 Å². The Morgan fingerprint density at radius 1 is 1.45 bits per heavy atom. The summed E-state index contributed by atoms with van der Waals surface area (Å²) in [6, 6.07) is 0. The molecule has 1 N–H and O–H groups in total. The normalized spacial score (nSPS) is 11.1. The molecule has 120 valence electrons. The van der Waals surface area contributed by atoms with Crippen molar-refractivity contribution in [1.29, 1.82) is 0 Å². The molecule has 0 saturated carbocycles. The van der Waals surface area contributed by atoms with E-state index in [4.69, 9.17) is 0 Å². The fraction of sp³-hybridized carbons (Fsp3) is 0.571. The molecule has 0 spiro atoms. The highest BCUT2D eigenvalue weighted by atomic mass is 32.2. The van der Waals surface area contributed by atoms with Gasteiger partial charge in [0.05, 0.1) is 5.01 Å². The van der Waals surface area contributed by atoms with E-state index in [0.29, 0.717) is 24.6 Å². The molecule has 0 bridgehead atoms. The van der Waals surface area contributed by atoms with E-state index in [1.54, 1.807) is 17.1 Å². The van der Waals surface area contributed by atoms with Gasteiger partial charge in [0.2, 0.25) is 0 Å². The van der Waals surface area contributed by atoms with Gasteiger partial charge in [0, 0.05) is 31.1 Å². The fourth-order valence-corrected chi connectivity index (χ4v) is 3.25. The molecule has 2 rings (SSSR count). The number of aryl methyl sites for hydroxylation is 1. The quantitative estimate of drug-likeness (QED) is 0.784. The van der Waals surface area contributed by atoms with Gasteiger partial charge in [0.25, 0.3) is 5.91 Å². The first-order chi connectivity index (χ1) is 10.5. The van der Waals surface area contributed by atoms with Crippen LogP contribution in [0.1, 0.15) is 35.2 Å². The SMILES string of the molecule is Cc1nc(C(=O)NCCc2nnc(SCC(C)C)n2C)cs1. The summed E-state index contributed by atoms with van der Waals surface area (Å²) < 4.78 is 1.99. The van der Waals surface area contributed by atoms with Gasteiger partial charge >= 0.3 is 0 Å². The van der Waals surface area contributed by atoms with E-state index in [-0.39, 0.29) is 5.91 Å². The summed E-state index contributed by atoms with van der Waals surface area (Å²) in [6.07, 6.45) is 0.653. The molecular weight excluding hydrogens is 318 g/mol. The van der Waals surface area contributed by atoms with Crippen molar-refractivity contribution in [2.24, 2.45) is 13.0 Å². The molecule has 0 atom stereocenters. The average Bonchev–Trinajstić information content (AvgIpc) is 3.04. The van der Waals surface area contributed by atoms with Gasteiger partial charge in [-0.1, -0.05) is 25.6 Å². The maximum Gasteiger partial charge on any atom is 0.270 e. The molecule has 8 heteroatoms. The number of aromatic nitrogens is 4. The molecule has 1 amide bonds. The standard InChI is InChI=1S/C14H21N5OS2/c1-9(2)7-22-14-18-17-12(19(14)4)5-6-15-13(20)11-8-21-10(3)16-11/h8-9H,5-7H2,1-4H3,(H,15,20). The van der Waals surface area contributed by atoms with Crippen molar-refractivity contribution in [1.82, 2.24) is 25.1 Å². The van der Waals surface area contributed by atoms with E-state index in [2.05, 4.69) is 34.3 Å². The van der Waals surface area contributed by atoms with Crippen molar-refractivity contribution in [2.75, 3.05) is 12.3 Å². The van der Waals surface area contributed by atoms with Crippen LogP contribution in [0.25, 0.3) is 0 Å². The molecular formula is C14H21N5OS2. The van der Waals surface area contributed by atoms with E-state index < -0.39 is 0 Å². The molecule has 0 radical (unpaired) electrons. The molecule has 2 aromatic heterocycles. The van der Waals surface area contributed by atoms with Crippen LogP contribution >= 0.6 is 23.1 Å². The second-order valence-electron chi connectivity index (χ2n) is 5.42. The van der Waals surface area contributed by atoms with Crippen LogP contribution in [-0.4, -0.2) is 38.0 Å². The van der Waals surface area contributed by atoms with Crippen molar-refractivity contribution >= 4 is 29.0 Å². The number of nitrogens with zero attached hydrogens (tertiary/aromatic N) is 4. The second kappa shape index (κ2) is 7.73. The Hall–Kier alpha value is -1.41. The Balaban J connectivity index is 1.83. The maximum atomic E-state index is 11.9. The summed E-state index contributed by atoms with van der Waals surface area (Å²) in [4.78, 5) is 16.1. The summed E-state index contributed by atoms with van der Waals surface area (Å²) in [5.41, 5.74) is 0.480. The lowest BCUT2D eigenvalue weighted by atomic mass is 10.3. The van der Waals surface area contributed by atoms with E-state index >= 15 is 0 Å². The van der Waals surface area contributed by atoms with Crippen LogP contribution in [-0.2, 0) is 13.5 Å². The van der Waals surface area contributed by atoms with Crippen LogP contribution in [0.4, 0.5) is 0 Å². The Morgan fingerprint density at radius 2 is 2.23 bits per heavy atom. The molecule has 0 aliphatic heterocycles. The Bertz CT molecular complexity index is 635. The second-order valence-corrected chi connectivity index (χ2v) is 7.47. The number of carbonyl (C=O) groups excluding carboxylic acids is 1. The van der Waals surface area contributed by atoms with Gasteiger partial charge in [-0.05, 0) is 12.8 Å². The number of hydrogen-bond acceptors (Lipinski definition) is 6. The molecule has 6 nitrogen and oxygen atoms in total. The van der Waals surface area contributed by atoms with Crippen molar-refractivity contribution in [3.8, 4) is 0 Å². The van der Waals surface area contributed by atoms with Gasteiger partial charge in [0.15, 0.2) is 5.16 Å². The molecule has 2 aromatic rings. The number of nitrogens with one attached hydrogen (secondary N) is 1. The Kier molecular flexibility index (Phi) is 5.96. The molecule has 0 fully saturated rings. The molecule has 22 heavy (non-hydrogen) atoms. The number of amides is 1. The predicted molar refractivity (Wildman–Crippen MR) is 89.5 cm³/mol. The fourth-order valence-electron chi connectivity index (χ4n) is 1.78. The number of rotatable bonds is 7. The highest BCUT2D eigenvalue weighted by Crippen LogP contribution is 2.18. The minimum Gasteiger partial charge on any atom is -0.350 e. The molecule has 0 aliphatic rings. The maximum absolute atomic E-state index is 11.9. The zero-order chi connectivity index (χ0) is 16.1. The predicted octanol–water partition coefficient (Wildman–Crippen LogP) is 2.30. The van der Waals surface area contributed by atoms with Crippen molar-refractivity contribution < 1.29 is 4.79 Å². The topological polar surface area (TPSA) is 72.7 Å². The van der Waals surface area contributed by atoms with Crippen LogP contribution in [0.5, 0.6) is 0 Å². The van der Waals surface area contributed by atoms with Gasteiger partial charge < -0.3 is 9.88 Å². The summed E-state index contributed by atoms with van der Waals surface area (Å²) >= 11 is 3.18. The van der Waals surface area contributed by atoms with E-state index in [1.807, 2.05) is 18.5 Å². The number of thioether (sulfide) groups is 1. The van der Waals surface area contributed by atoms with Crippen LogP contribution in [0.2, 0.25) is 0 Å². The van der Waals surface area contributed by atoms with Crippen molar-refractivity contribution in [3.05, 3.63) is 21.9 Å². The van der Waals surface area contributed by atoms with Crippen LogP contribution in [0.3, 0.4) is 0 Å². The first-order valence-corrected chi connectivity index (χ1v) is 9.05. The lowest BCUT2D eigenvalue weighted by Crippen LogP contribution is -2.26. The zero-order valence-electron chi connectivity index (χ0n) is 13.3. The van der Waals surface area contributed by atoms with E-state index in [1.165, 1.54) is 11.3 Å². The summed E-state index contributed by atoms with van der Waals surface area (Å²) in [6.45, 7) is 6.77. The number of hydrogen-bond donors (Lipinski definition) is 1. The molecule has 0 unspecified atom stereocenters. The molecule has 0 aliphatic carbocycles. The van der Waals surface area contributed by atoms with E-state index in [0.717, 1.165) is 21.7 Å². The molecule has 0 saturated heterocycles. The first kappa shape index (κ1) is 17.0. The summed E-state index contributed by atoms with van der Waals surface area (Å²) in [7, 11) is 1.96. The van der Waals surface area contributed by atoms with Gasteiger partial charge in [0.1, 0.15) is 11.5 Å². The highest BCUT2D eigenvalue weighted by Gasteiger charge is 2.12. The smallest absolute Gasteiger partial charge is 0.270 e. The van der Waals surface area contributed by atoms with Gasteiger partial charge in [-0.3, -0.25) is 4.79 Å². The first-order valence-electron chi connectivity index (χ1n) is 7.18. The third-order valence-corrected chi connectivity index (χ3v) is 5.18. The zero-order valence-corrected chi connectivity index (χ0v) is 14.9. The number of carbonyl (C=O) groups is 1. The number of thiazole rings is 1. The van der Waals surface area contributed by atoms with Crippen molar-refractivity contribution in [2.45, 2.75) is 32.3 Å². The Labute approximate surface area is 138 Å². The summed E-state index contributed by atoms with van der Waals surface area (Å²) in [5.74, 6) is 2.37. The van der Waals surface area contributed by atoms with Gasteiger partial charge in [-0.15, -0.1) is 21.5 Å². The minimum atomic E-state index is -0.138. The van der Waals surface area contributed by atoms with Crippen LogP contribution in [0, 0.1) is 12.8 Å². The summed E-state index contributed by atoms with van der Waals surface area (Å²) in [5, 5.41) is 14.8. The minimum absolute atomic E-state index is 0.138. The van der Waals surface area contributed by atoms with Crippen LogP contribution in [0.15, 0.2) is 10.5 Å². The molecule has 0 aromatic carbocycles. The monoisotopic (exact) mass is 339 g/mol. The largest absolute Gasteiger partial charge is 0.350 e. The van der Waals surface area contributed by atoms with E-state index in [9.17, 15) is 4.79 Å². The molecule has 2 heterocycles. The Morgan fingerprint density at radius 3 is 2.86 bits per heavy atom. The highest BCUT2D eigenvalue weighted by molar-refractivity contribution is 7.99. The lowest BCUT2D eigenvalue weighted by molar-refractivity contribution is 0.0949. The van der Waals surface area contributed by atoms with Gasteiger partial charge in [-0.2, -0.15) is 0 Å². The van der Waals surface area contributed by atoms with Crippen LogP contribution < -0.4 is 5.32 Å². The average molecular weight is 339 g/mol.